The molecule has 0 aromatic heterocycles. The van der Waals surface area contributed by atoms with Crippen molar-refractivity contribution in [2.24, 2.45) is 5.14 Å². The zero-order valence-corrected chi connectivity index (χ0v) is 10.2. The number of rotatable bonds is 4. The van der Waals surface area contributed by atoms with Gasteiger partial charge in [0, 0.05) is 12.1 Å². The molecule has 0 fully saturated rings. The highest BCUT2D eigenvalue weighted by molar-refractivity contribution is 7.89. The van der Waals surface area contributed by atoms with Crippen LogP contribution >= 0.6 is 0 Å². The van der Waals surface area contributed by atoms with Crippen LogP contribution in [0, 0.1) is 15.9 Å². The largest absolute Gasteiger partial charge is 0.477 e. The Labute approximate surface area is 109 Å². The van der Waals surface area contributed by atoms with Crippen molar-refractivity contribution in [2.75, 3.05) is 6.61 Å². The number of benzene rings is 1. The topological polar surface area (TPSA) is 113 Å². The van der Waals surface area contributed by atoms with Crippen molar-refractivity contribution in [1.29, 1.82) is 0 Å². The molecule has 1 rings (SSSR count). The highest BCUT2D eigenvalue weighted by Gasteiger charge is 2.31. The molecule has 0 heterocycles. The number of primary sulfonamides is 1. The third kappa shape index (κ3) is 4.03. The summed E-state index contributed by atoms with van der Waals surface area (Å²) in [5.41, 5.74) is -1.15. The third-order valence-corrected chi connectivity index (χ3v) is 2.83. The highest BCUT2D eigenvalue weighted by atomic mass is 32.2. The molecule has 1 aromatic rings. The van der Waals surface area contributed by atoms with Crippen LogP contribution in [0.25, 0.3) is 0 Å². The normalized spacial score (nSPS) is 12.2. The van der Waals surface area contributed by atoms with Gasteiger partial charge in [-0.15, -0.1) is 0 Å². The van der Waals surface area contributed by atoms with Gasteiger partial charge in [0.1, 0.15) is 10.7 Å². The molecule has 1 aromatic carbocycles. The van der Waals surface area contributed by atoms with Crippen LogP contribution in [0.1, 0.15) is 0 Å². The van der Waals surface area contributed by atoms with Gasteiger partial charge in [-0.2, -0.15) is 13.2 Å². The van der Waals surface area contributed by atoms with Gasteiger partial charge in [0.2, 0.25) is 10.0 Å². The number of sulfonamides is 1. The lowest BCUT2D eigenvalue weighted by atomic mass is 10.3. The van der Waals surface area contributed by atoms with E-state index >= 15 is 0 Å². The number of nitrogens with zero attached hydrogens (tertiary/aromatic N) is 1. The van der Waals surface area contributed by atoms with Crippen LogP contribution in [0.3, 0.4) is 0 Å². The van der Waals surface area contributed by atoms with Gasteiger partial charge in [-0.1, -0.05) is 0 Å². The molecule has 0 saturated heterocycles. The molecule has 20 heavy (non-hydrogen) atoms. The minimum absolute atomic E-state index is 0.156. The number of hydrogen-bond donors (Lipinski definition) is 1. The first-order valence-electron chi connectivity index (χ1n) is 4.62. The minimum Gasteiger partial charge on any atom is -0.477 e. The lowest BCUT2D eigenvalue weighted by molar-refractivity contribution is -0.386. The maximum absolute atomic E-state index is 13.4. The summed E-state index contributed by atoms with van der Waals surface area (Å²) in [6.07, 6.45) is -4.80. The first-order valence-corrected chi connectivity index (χ1v) is 6.17. The van der Waals surface area contributed by atoms with Crippen LogP contribution in [0.5, 0.6) is 5.75 Å². The number of ether oxygens (including phenoxy) is 1. The Hall–Kier alpha value is -1.95. The van der Waals surface area contributed by atoms with Crippen LogP contribution in [-0.4, -0.2) is 26.1 Å². The molecular formula is C8H6F4N2O5S. The minimum atomic E-state index is -4.80. The summed E-state index contributed by atoms with van der Waals surface area (Å²) in [4.78, 5) is 8.18. The van der Waals surface area contributed by atoms with Crippen molar-refractivity contribution < 1.29 is 35.6 Å². The first-order chi connectivity index (χ1) is 8.92. The predicted octanol–water partition coefficient (Wildman–Crippen LogP) is 1.32. The molecule has 12 heteroatoms. The molecule has 0 amide bonds. The van der Waals surface area contributed by atoms with E-state index < -0.39 is 49.9 Å². The van der Waals surface area contributed by atoms with Crippen molar-refractivity contribution in [2.45, 2.75) is 11.1 Å². The van der Waals surface area contributed by atoms with Gasteiger partial charge in [0.15, 0.2) is 12.4 Å². The molecule has 0 aliphatic rings. The van der Waals surface area contributed by atoms with Crippen LogP contribution in [0.15, 0.2) is 17.0 Å². The Kier molecular flexibility index (Phi) is 4.19. The number of nitro benzene ring substituents is 1. The predicted molar refractivity (Wildman–Crippen MR) is 56.0 cm³/mol. The molecule has 0 radical (unpaired) electrons. The van der Waals surface area contributed by atoms with Crippen molar-refractivity contribution in [1.82, 2.24) is 0 Å². The van der Waals surface area contributed by atoms with Gasteiger partial charge in [0.05, 0.1) is 4.92 Å². The van der Waals surface area contributed by atoms with Gasteiger partial charge in [0.25, 0.3) is 0 Å². The van der Waals surface area contributed by atoms with Crippen molar-refractivity contribution in [3.8, 4) is 5.75 Å². The maximum Gasteiger partial charge on any atom is 0.422 e. The standard InChI is InChI=1S/C8H6F4N2O5S/c9-4-1-6(19-3-8(10,11)12)5(14(15)16)2-7(4)20(13,17)18/h1-2H,3H2,(H2,13,17,18). The molecule has 0 bridgehead atoms. The first kappa shape index (κ1) is 16.1. The summed E-state index contributed by atoms with van der Waals surface area (Å²) in [7, 11) is -4.61. The Morgan fingerprint density at radius 2 is 1.90 bits per heavy atom. The van der Waals surface area contributed by atoms with Crippen LogP contribution < -0.4 is 9.88 Å². The fourth-order valence-corrected chi connectivity index (χ4v) is 1.77. The van der Waals surface area contributed by atoms with E-state index in [1.807, 2.05) is 0 Å². The number of alkyl halides is 3. The van der Waals surface area contributed by atoms with E-state index in [1.54, 1.807) is 0 Å². The van der Waals surface area contributed by atoms with E-state index in [1.165, 1.54) is 0 Å². The summed E-state index contributed by atoms with van der Waals surface area (Å²) in [6.45, 7) is -1.90. The SMILES string of the molecule is NS(=O)(=O)c1cc([N+](=O)[O-])c(OCC(F)(F)F)cc1F. The molecule has 2 N–H and O–H groups in total. The molecule has 0 spiro atoms. The molecule has 112 valence electrons. The Bertz CT molecular complexity index is 643. The Morgan fingerprint density at radius 3 is 2.30 bits per heavy atom. The fourth-order valence-electron chi connectivity index (χ4n) is 1.16. The van der Waals surface area contributed by atoms with E-state index in [2.05, 4.69) is 9.88 Å². The number of hydrogen-bond acceptors (Lipinski definition) is 5. The lowest BCUT2D eigenvalue weighted by Gasteiger charge is -2.10. The summed E-state index contributed by atoms with van der Waals surface area (Å²) in [5.74, 6) is -2.62. The second kappa shape index (κ2) is 5.20. The second-order valence-electron chi connectivity index (χ2n) is 3.46. The van der Waals surface area contributed by atoms with Gasteiger partial charge in [-0.3, -0.25) is 10.1 Å². The molecule has 0 atom stereocenters. The Balaban J connectivity index is 3.33. The highest BCUT2D eigenvalue weighted by Crippen LogP contribution is 2.32. The Morgan fingerprint density at radius 1 is 1.35 bits per heavy atom. The second-order valence-corrected chi connectivity index (χ2v) is 4.99. The van der Waals surface area contributed by atoms with Gasteiger partial charge >= 0.3 is 11.9 Å². The summed E-state index contributed by atoms with van der Waals surface area (Å²) in [5, 5.41) is 15.2. The molecule has 0 aliphatic carbocycles. The number of halogens is 4. The van der Waals surface area contributed by atoms with Gasteiger partial charge < -0.3 is 4.74 Å². The summed E-state index contributed by atoms with van der Waals surface area (Å²) >= 11 is 0. The lowest BCUT2D eigenvalue weighted by Crippen LogP contribution is -2.20. The quantitative estimate of drug-likeness (QED) is 0.511. The molecule has 0 unspecified atom stereocenters. The average Bonchev–Trinajstić information content (AvgIpc) is 2.23. The maximum atomic E-state index is 13.4. The third-order valence-electron chi connectivity index (χ3n) is 1.91. The van der Waals surface area contributed by atoms with Gasteiger partial charge in [-0.25, -0.2) is 17.9 Å². The monoisotopic (exact) mass is 318 g/mol. The van der Waals surface area contributed by atoms with Gasteiger partial charge in [-0.05, 0) is 0 Å². The number of nitro groups is 1. The fraction of sp³-hybridized carbons (Fsp3) is 0.250. The number of nitrogens with two attached hydrogens (primary N) is 1. The zero-order valence-electron chi connectivity index (χ0n) is 9.35. The van der Waals surface area contributed by atoms with Crippen LogP contribution in [0.4, 0.5) is 23.2 Å². The summed E-state index contributed by atoms with van der Waals surface area (Å²) in [6, 6.07) is 0.347. The molecule has 0 saturated carbocycles. The van der Waals surface area contributed by atoms with Crippen molar-refractivity contribution in [3.05, 3.63) is 28.1 Å². The van der Waals surface area contributed by atoms with E-state index in [0.717, 1.165) is 0 Å². The van der Waals surface area contributed by atoms with E-state index in [4.69, 9.17) is 0 Å². The van der Waals surface area contributed by atoms with Crippen LogP contribution in [0.2, 0.25) is 0 Å². The van der Waals surface area contributed by atoms with Crippen molar-refractivity contribution >= 4 is 15.7 Å². The van der Waals surface area contributed by atoms with Crippen LogP contribution in [-0.2, 0) is 10.0 Å². The molecular weight excluding hydrogens is 312 g/mol. The summed E-state index contributed by atoms with van der Waals surface area (Å²) < 4.78 is 75.2. The van der Waals surface area contributed by atoms with E-state index in [9.17, 15) is 36.1 Å². The molecule has 0 aliphatic heterocycles. The smallest absolute Gasteiger partial charge is 0.422 e. The zero-order chi connectivity index (χ0) is 15.7. The average molecular weight is 318 g/mol. The molecule has 7 nitrogen and oxygen atoms in total. The van der Waals surface area contributed by atoms with Crippen molar-refractivity contribution in [3.63, 3.8) is 0 Å². The van der Waals surface area contributed by atoms with E-state index in [-0.39, 0.29) is 12.1 Å². The van der Waals surface area contributed by atoms with E-state index in [0.29, 0.717) is 0 Å².